The molecule has 10 heteroatoms. The molecule has 0 radical (unpaired) electrons. The lowest BCUT2D eigenvalue weighted by atomic mass is 10.2. The topological polar surface area (TPSA) is 102 Å². The van der Waals surface area contributed by atoms with Crippen molar-refractivity contribution in [2.75, 3.05) is 48.3 Å². The third kappa shape index (κ3) is 4.71. The van der Waals surface area contributed by atoms with Gasteiger partial charge in [-0.05, 0) is 49.9 Å². The van der Waals surface area contributed by atoms with E-state index in [0.717, 1.165) is 55.3 Å². The van der Waals surface area contributed by atoms with E-state index < -0.39 is 5.76 Å². The third-order valence-corrected chi connectivity index (χ3v) is 6.32. The number of fused-ring (bicyclic) bond motifs is 1. The summed E-state index contributed by atoms with van der Waals surface area (Å²) in [6.07, 6.45) is 1.75. The number of H-pyrrole nitrogens is 1. The van der Waals surface area contributed by atoms with Crippen LogP contribution in [0.4, 0.5) is 28.8 Å². The maximum Gasteiger partial charge on any atom is 0.417 e. The largest absolute Gasteiger partial charge is 0.417 e. The Morgan fingerprint density at radius 2 is 1.85 bits per heavy atom. The number of likely N-dealkylation sites (N-methyl/N-ethyl adjacent to an activating group) is 1. The van der Waals surface area contributed by atoms with Gasteiger partial charge in [-0.3, -0.25) is 4.98 Å². The molecule has 4 aromatic rings. The molecule has 3 N–H and O–H groups in total. The summed E-state index contributed by atoms with van der Waals surface area (Å²) in [5.41, 5.74) is 4.63. The van der Waals surface area contributed by atoms with E-state index in [9.17, 15) is 4.79 Å². The molecule has 2 aromatic carbocycles. The maximum atomic E-state index is 11.4. The van der Waals surface area contributed by atoms with Crippen LogP contribution >= 0.6 is 11.6 Å². The summed E-state index contributed by atoms with van der Waals surface area (Å²) in [6, 6.07) is 11.3. The predicted molar refractivity (Wildman–Crippen MR) is 136 cm³/mol. The van der Waals surface area contributed by atoms with Crippen LogP contribution in [0.3, 0.4) is 0 Å². The molecule has 0 amide bonds. The minimum Gasteiger partial charge on any atom is -0.408 e. The zero-order valence-electron chi connectivity index (χ0n) is 19.1. The number of benzene rings is 2. The fourth-order valence-corrected chi connectivity index (χ4v) is 4.37. The highest BCUT2D eigenvalue weighted by Crippen LogP contribution is 2.31. The zero-order valence-corrected chi connectivity index (χ0v) is 19.8. The van der Waals surface area contributed by atoms with E-state index >= 15 is 0 Å². The maximum absolute atomic E-state index is 11.4. The molecule has 1 aliphatic rings. The first-order valence-corrected chi connectivity index (χ1v) is 11.6. The van der Waals surface area contributed by atoms with Crippen LogP contribution in [0.5, 0.6) is 0 Å². The van der Waals surface area contributed by atoms with Crippen LogP contribution in [0.25, 0.3) is 11.1 Å². The normalized spacial score (nSPS) is 14.5. The highest BCUT2D eigenvalue weighted by Gasteiger charge is 2.18. The van der Waals surface area contributed by atoms with Crippen molar-refractivity contribution in [2.45, 2.75) is 13.8 Å². The van der Waals surface area contributed by atoms with Crippen molar-refractivity contribution in [3.05, 3.63) is 63.7 Å². The zero-order chi connectivity index (χ0) is 23.7. The summed E-state index contributed by atoms with van der Waals surface area (Å²) in [5.74, 6) is 0.621. The van der Waals surface area contributed by atoms with Crippen LogP contribution < -0.4 is 21.3 Å². The molecule has 0 spiro atoms. The summed E-state index contributed by atoms with van der Waals surface area (Å²) >= 11 is 6.63. The van der Waals surface area contributed by atoms with E-state index in [1.54, 1.807) is 18.3 Å². The van der Waals surface area contributed by atoms with Gasteiger partial charge in [0.25, 0.3) is 0 Å². The molecule has 0 atom stereocenters. The first kappa shape index (κ1) is 22.2. The molecule has 0 saturated carbocycles. The minimum absolute atomic E-state index is 0.450. The number of nitrogens with zero attached hydrogens (tertiary/aromatic N) is 4. The first-order valence-electron chi connectivity index (χ1n) is 11.3. The van der Waals surface area contributed by atoms with Crippen molar-refractivity contribution in [3.63, 3.8) is 0 Å². The van der Waals surface area contributed by atoms with E-state index in [2.05, 4.69) is 42.3 Å². The quantitative estimate of drug-likeness (QED) is 0.371. The molecule has 0 bridgehead atoms. The lowest BCUT2D eigenvalue weighted by Crippen LogP contribution is -2.46. The molecule has 34 heavy (non-hydrogen) atoms. The van der Waals surface area contributed by atoms with Gasteiger partial charge in [-0.15, -0.1) is 0 Å². The fourth-order valence-electron chi connectivity index (χ4n) is 4.07. The van der Waals surface area contributed by atoms with Crippen molar-refractivity contribution in [3.8, 4) is 0 Å². The molecule has 1 aliphatic heterocycles. The van der Waals surface area contributed by atoms with E-state index in [0.29, 0.717) is 27.9 Å². The monoisotopic (exact) mass is 479 g/mol. The molecule has 176 valence electrons. The van der Waals surface area contributed by atoms with Gasteiger partial charge in [0, 0.05) is 49.3 Å². The summed E-state index contributed by atoms with van der Waals surface area (Å²) in [6.45, 7) is 9.22. The van der Waals surface area contributed by atoms with E-state index in [1.807, 2.05) is 31.2 Å². The Labute approximate surface area is 201 Å². The average Bonchev–Trinajstić information content (AvgIpc) is 3.21. The van der Waals surface area contributed by atoms with Gasteiger partial charge < -0.3 is 24.9 Å². The molecule has 9 nitrogen and oxygen atoms in total. The highest BCUT2D eigenvalue weighted by atomic mass is 35.5. The number of hydrogen-bond acceptors (Lipinski definition) is 8. The fraction of sp³-hybridized carbons (Fsp3) is 0.292. The van der Waals surface area contributed by atoms with Gasteiger partial charge in [0.1, 0.15) is 5.82 Å². The molecule has 1 saturated heterocycles. The van der Waals surface area contributed by atoms with E-state index in [4.69, 9.17) is 16.0 Å². The molecule has 1 fully saturated rings. The van der Waals surface area contributed by atoms with Gasteiger partial charge in [0.15, 0.2) is 5.58 Å². The number of aromatic nitrogens is 3. The summed E-state index contributed by atoms with van der Waals surface area (Å²) in [4.78, 5) is 27.9. The number of hydrogen-bond donors (Lipinski definition) is 3. The second-order valence-electron chi connectivity index (χ2n) is 8.29. The summed E-state index contributed by atoms with van der Waals surface area (Å²) < 4.78 is 5.06. The van der Waals surface area contributed by atoms with Crippen molar-refractivity contribution in [1.29, 1.82) is 0 Å². The predicted octanol–water partition coefficient (Wildman–Crippen LogP) is 4.50. The molecule has 0 aliphatic carbocycles. The van der Waals surface area contributed by atoms with Gasteiger partial charge in [-0.1, -0.05) is 18.5 Å². The van der Waals surface area contributed by atoms with Crippen LogP contribution in [-0.4, -0.2) is 52.6 Å². The SMILES string of the molecule is CCN1CCN(c2ccc(Nc3ncc(C)c(Nc4ccc5oc(=O)[nH]c5c4)n3)cc2Cl)CC1. The van der Waals surface area contributed by atoms with E-state index in [1.165, 1.54) is 0 Å². The number of aromatic amines is 1. The minimum atomic E-state index is -0.482. The van der Waals surface area contributed by atoms with Gasteiger partial charge in [0.05, 0.1) is 16.2 Å². The second-order valence-corrected chi connectivity index (χ2v) is 8.70. The Morgan fingerprint density at radius 3 is 2.62 bits per heavy atom. The van der Waals surface area contributed by atoms with Crippen LogP contribution in [0.15, 0.2) is 51.8 Å². The van der Waals surface area contributed by atoms with Crippen molar-refractivity contribution >= 4 is 51.5 Å². The lowest BCUT2D eigenvalue weighted by Gasteiger charge is -2.36. The summed E-state index contributed by atoms with van der Waals surface area (Å²) in [5, 5.41) is 7.22. The van der Waals surface area contributed by atoms with Crippen LogP contribution in [0.1, 0.15) is 12.5 Å². The van der Waals surface area contributed by atoms with Gasteiger partial charge in [-0.2, -0.15) is 4.98 Å². The number of halogens is 1. The number of anilines is 5. The second kappa shape index (κ2) is 9.36. The Hall–Kier alpha value is -3.56. The summed E-state index contributed by atoms with van der Waals surface area (Å²) in [7, 11) is 0. The standard InChI is InChI=1S/C24H26ClN7O2/c1-3-31-8-10-32(11-9-31)20-6-4-16(12-18(20)25)28-23-26-14-15(2)22(30-23)27-17-5-7-21-19(13-17)29-24(33)34-21/h4-7,12-14H,3,8-11H2,1-2H3,(H,29,33)(H2,26,27,28,30). The molecule has 2 aromatic heterocycles. The van der Waals surface area contributed by atoms with Crippen LogP contribution in [0.2, 0.25) is 5.02 Å². The van der Waals surface area contributed by atoms with Gasteiger partial charge in [0.2, 0.25) is 5.95 Å². The number of aryl methyl sites for hydroxylation is 1. The Kier molecular flexibility index (Phi) is 6.12. The third-order valence-electron chi connectivity index (χ3n) is 6.02. The lowest BCUT2D eigenvalue weighted by molar-refractivity contribution is 0.271. The van der Waals surface area contributed by atoms with Crippen LogP contribution in [-0.2, 0) is 0 Å². The van der Waals surface area contributed by atoms with Crippen molar-refractivity contribution in [2.24, 2.45) is 0 Å². The van der Waals surface area contributed by atoms with Crippen LogP contribution in [0, 0.1) is 6.92 Å². The Balaban J connectivity index is 1.31. The molecular formula is C24H26ClN7O2. The number of piperazine rings is 1. The van der Waals surface area contributed by atoms with Gasteiger partial charge in [-0.25, -0.2) is 9.78 Å². The number of nitrogens with one attached hydrogen (secondary N) is 3. The average molecular weight is 480 g/mol. The van der Waals surface area contributed by atoms with Gasteiger partial charge >= 0.3 is 5.76 Å². The van der Waals surface area contributed by atoms with Crippen molar-refractivity contribution < 1.29 is 4.42 Å². The molecular weight excluding hydrogens is 454 g/mol. The molecule has 3 heterocycles. The highest BCUT2D eigenvalue weighted by molar-refractivity contribution is 6.33. The Bertz CT molecular complexity index is 1380. The molecule has 5 rings (SSSR count). The smallest absolute Gasteiger partial charge is 0.408 e. The number of oxazole rings is 1. The van der Waals surface area contributed by atoms with Crippen molar-refractivity contribution in [1.82, 2.24) is 19.9 Å². The molecule has 0 unspecified atom stereocenters. The first-order chi connectivity index (χ1) is 16.5. The Morgan fingerprint density at radius 1 is 1.09 bits per heavy atom. The number of rotatable bonds is 6. The van der Waals surface area contributed by atoms with E-state index in [-0.39, 0.29) is 0 Å².